The number of para-hydroxylation sites is 1. The van der Waals surface area contributed by atoms with Crippen LogP contribution in [0.1, 0.15) is 20.7 Å². The number of carbonyl (C=O) groups is 2. The molecule has 0 heterocycles. The first kappa shape index (κ1) is 22.0. The first-order valence-corrected chi connectivity index (χ1v) is 10.8. The Hall–Kier alpha value is -3.72. The smallest absolute Gasteiger partial charge is 0.261 e. The van der Waals surface area contributed by atoms with Gasteiger partial charge in [0.1, 0.15) is 5.82 Å². The lowest BCUT2D eigenvalue weighted by atomic mass is 10.2. The van der Waals surface area contributed by atoms with Crippen LogP contribution in [-0.2, 0) is 10.0 Å². The van der Waals surface area contributed by atoms with Gasteiger partial charge in [0.15, 0.2) is 0 Å². The molecule has 0 saturated heterocycles. The third-order valence-electron chi connectivity index (χ3n) is 4.28. The van der Waals surface area contributed by atoms with Crippen LogP contribution in [0, 0.1) is 5.82 Å². The van der Waals surface area contributed by atoms with E-state index in [1.807, 2.05) is 6.07 Å². The monoisotopic (exact) mass is 441 g/mol. The molecule has 0 unspecified atom stereocenters. The molecule has 0 aliphatic carbocycles. The third kappa shape index (κ3) is 5.89. The summed E-state index contributed by atoms with van der Waals surface area (Å²) in [4.78, 5) is 24.0. The average molecular weight is 441 g/mol. The minimum absolute atomic E-state index is 0.109. The molecule has 0 bridgehead atoms. The summed E-state index contributed by atoms with van der Waals surface area (Å²) < 4.78 is 40.7. The lowest BCUT2D eigenvalue weighted by molar-refractivity contribution is 0.0927. The highest BCUT2D eigenvalue weighted by Gasteiger charge is 2.17. The van der Waals surface area contributed by atoms with Crippen LogP contribution in [0.2, 0.25) is 0 Å². The summed E-state index contributed by atoms with van der Waals surface area (Å²) in [6.07, 6.45) is 0. The van der Waals surface area contributed by atoms with E-state index in [0.29, 0.717) is 5.56 Å². The summed E-state index contributed by atoms with van der Waals surface area (Å²) in [5, 5.41) is 5.33. The molecule has 9 heteroatoms. The van der Waals surface area contributed by atoms with Crippen molar-refractivity contribution in [1.29, 1.82) is 0 Å². The number of sulfonamides is 1. The SMILES string of the molecule is O=C(NCCNC(=O)c1ccc(S(=O)(=O)Nc2ccccc2F)cc1)c1ccccc1. The quantitative estimate of drug-likeness (QED) is 0.468. The molecule has 160 valence electrons. The number of amides is 2. The van der Waals surface area contributed by atoms with Crippen LogP contribution in [0.4, 0.5) is 10.1 Å². The van der Waals surface area contributed by atoms with Gasteiger partial charge in [0, 0.05) is 24.2 Å². The molecule has 3 aromatic rings. The van der Waals surface area contributed by atoms with E-state index >= 15 is 0 Å². The van der Waals surface area contributed by atoms with Crippen molar-refractivity contribution in [2.45, 2.75) is 4.90 Å². The number of nitrogens with one attached hydrogen (secondary N) is 3. The van der Waals surface area contributed by atoms with Gasteiger partial charge in [0.25, 0.3) is 21.8 Å². The van der Waals surface area contributed by atoms with Gasteiger partial charge >= 0.3 is 0 Å². The Bertz CT molecular complexity index is 1170. The molecule has 3 aromatic carbocycles. The first-order valence-electron chi connectivity index (χ1n) is 9.36. The zero-order valence-corrected chi connectivity index (χ0v) is 17.2. The zero-order valence-electron chi connectivity index (χ0n) is 16.3. The van der Waals surface area contributed by atoms with Crippen LogP contribution < -0.4 is 15.4 Å². The number of benzene rings is 3. The van der Waals surface area contributed by atoms with E-state index in [4.69, 9.17) is 0 Å². The van der Waals surface area contributed by atoms with E-state index in [1.165, 1.54) is 42.5 Å². The molecule has 3 N–H and O–H groups in total. The molecule has 7 nitrogen and oxygen atoms in total. The summed E-state index contributed by atoms with van der Waals surface area (Å²) >= 11 is 0. The number of halogens is 1. The molecule has 0 saturated carbocycles. The minimum Gasteiger partial charge on any atom is -0.350 e. The average Bonchev–Trinajstić information content (AvgIpc) is 2.78. The van der Waals surface area contributed by atoms with Gasteiger partial charge in [0.05, 0.1) is 10.6 Å². The van der Waals surface area contributed by atoms with Crippen molar-refractivity contribution in [3.8, 4) is 0 Å². The molecule has 0 spiro atoms. The topological polar surface area (TPSA) is 104 Å². The van der Waals surface area contributed by atoms with Gasteiger partial charge < -0.3 is 10.6 Å². The predicted octanol–water partition coefficient (Wildman–Crippen LogP) is 2.79. The molecule has 0 atom stereocenters. The van der Waals surface area contributed by atoms with E-state index in [9.17, 15) is 22.4 Å². The normalized spacial score (nSPS) is 10.9. The van der Waals surface area contributed by atoms with Gasteiger partial charge in [-0.05, 0) is 48.5 Å². The van der Waals surface area contributed by atoms with E-state index in [-0.39, 0.29) is 35.1 Å². The standard InChI is InChI=1S/C22H20FN3O4S/c23-19-8-4-5-9-20(19)26-31(29,30)18-12-10-17(11-13-18)22(28)25-15-14-24-21(27)16-6-2-1-3-7-16/h1-13,26H,14-15H2,(H,24,27)(H,25,28). The van der Waals surface area contributed by atoms with E-state index in [0.717, 1.165) is 6.07 Å². The Balaban J connectivity index is 1.53. The van der Waals surface area contributed by atoms with Gasteiger partial charge in [-0.1, -0.05) is 30.3 Å². The maximum atomic E-state index is 13.7. The third-order valence-corrected chi connectivity index (χ3v) is 5.66. The van der Waals surface area contributed by atoms with Crippen LogP contribution in [0.3, 0.4) is 0 Å². The van der Waals surface area contributed by atoms with Crippen molar-refractivity contribution in [2.24, 2.45) is 0 Å². The van der Waals surface area contributed by atoms with Gasteiger partial charge in [-0.3, -0.25) is 14.3 Å². The predicted molar refractivity (Wildman–Crippen MR) is 115 cm³/mol. The van der Waals surface area contributed by atoms with E-state index < -0.39 is 21.7 Å². The van der Waals surface area contributed by atoms with Crippen molar-refractivity contribution in [2.75, 3.05) is 17.8 Å². The summed E-state index contributed by atoms with van der Waals surface area (Å²) in [6, 6.07) is 19.3. The summed E-state index contributed by atoms with van der Waals surface area (Å²) in [6.45, 7) is 0.435. The number of anilines is 1. The Morgan fingerprint density at radius 1 is 0.710 bits per heavy atom. The second-order valence-electron chi connectivity index (χ2n) is 6.49. The number of hydrogen-bond acceptors (Lipinski definition) is 4. The lowest BCUT2D eigenvalue weighted by Crippen LogP contribution is -2.34. The minimum atomic E-state index is -4.00. The fourth-order valence-electron chi connectivity index (χ4n) is 2.68. The summed E-state index contributed by atoms with van der Waals surface area (Å²) in [7, 11) is -4.00. The molecular formula is C22H20FN3O4S. The van der Waals surface area contributed by atoms with Gasteiger partial charge in [0.2, 0.25) is 0 Å². The Morgan fingerprint density at radius 2 is 1.23 bits per heavy atom. The fourth-order valence-corrected chi connectivity index (χ4v) is 3.75. The molecule has 31 heavy (non-hydrogen) atoms. The van der Waals surface area contributed by atoms with Crippen molar-refractivity contribution < 1.29 is 22.4 Å². The number of carbonyl (C=O) groups excluding carboxylic acids is 2. The second kappa shape index (κ2) is 9.86. The Kier molecular flexibility index (Phi) is 6.99. The molecule has 0 aliphatic rings. The number of rotatable bonds is 8. The second-order valence-corrected chi connectivity index (χ2v) is 8.17. The highest BCUT2D eigenvalue weighted by atomic mass is 32.2. The van der Waals surface area contributed by atoms with Gasteiger partial charge in [-0.15, -0.1) is 0 Å². The van der Waals surface area contributed by atoms with Crippen molar-refractivity contribution >= 4 is 27.5 Å². The molecule has 3 rings (SSSR count). The van der Waals surface area contributed by atoms with E-state index in [1.54, 1.807) is 24.3 Å². The number of hydrogen-bond donors (Lipinski definition) is 3. The highest BCUT2D eigenvalue weighted by Crippen LogP contribution is 2.19. The van der Waals surface area contributed by atoms with Crippen molar-refractivity contribution in [3.63, 3.8) is 0 Å². The summed E-state index contributed by atoms with van der Waals surface area (Å²) in [5.74, 6) is -1.35. The Morgan fingerprint density at radius 3 is 1.81 bits per heavy atom. The fraction of sp³-hybridized carbons (Fsp3) is 0.0909. The molecular weight excluding hydrogens is 421 g/mol. The molecule has 2 amide bonds. The lowest BCUT2D eigenvalue weighted by Gasteiger charge is -2.10. The van der Waals surface area contributed by atoms with Crippen LogP contribution in [0.25, 0.3) is 0 Å². The maximum Gasteiger partial charge on any atom is 0.261 e. The van der Waals surface area contributed by atoms with Gasteiger partial charge in [-0.2, -0.15) is 0 Å². The summed E-state index contributed by atoms with van der Waals surface area (Å²) in [5.41, 5.74) is 0.607. The van der Waals surface area contributed by atoms with Crippen LogP contribution >= 0.6 is 0 Å². The molecule has 0 aliphatic heterocycles. The zero-order chi connectivity index (χ0) is 22.3. The van der Waals surface area contributed by atoms with E-state index in [2.05, 4.69) is 15.4 Å². The Labute approximate surface area is 179 Å². The van der Waals surface area contributed by atoms with Crippen molar-refractivity contribution in [3.05, 3.63) is 95.8 Å². The molecule has 0 fully saturated rings. The van der Waals surface area contributed by atoms with Crippen LogP contribution in [0.5, 0.6) is 0 Å². The maximum absolute atomic E-state index is 13.7. The molecule has 0 aromatic heterocycles. The van der Waals surface area contributed by atoms with Crippen molar-refractivity contribution in [1.82, 2.24) is 10.6 Å². The highest BCUT2D eigenvalue weighted by molar-refractivity contribution is 7.92. The van der Waals surface area contributed by atoms with Crippen LogP contribution in [-0.4, -0.2) is 33.3 Å². The first-order chi connectivity index (χ1) is 14.9. The largest absolute Gasteiger partial charge is 0.350 e. The molecule has 0 radical (unpaired) electrons. The van der Waals surface area contributed by atoms with Gasteiger partial charge in [-0.25, -0.2) is 12.8 Å². The van der Waals surface area contributed by atoms with Crippen LogP contribution in [0.15, 0.2) is 83.8 Å².